The zero-order chi connectivity index (χ0) is 14.3. The Labute approximate surface area is 112 Å². The van der Waals surface area contributed by atoms with E-state index in [9.17, 15) is 13.2 Å². The molecule has 0 atom stereocenters. The minimum absolute atomic E-state index is 0.0316. The van der Waals surface area contributed by atoms with Gasteiger partial charge in [-0.15, -0.1) is 0 Å². The van der Waals surface area contributed by atoms with E-state index in [1.165, 1.54) is 18.2 Å². The van der Waals surface area contributed by atoms with Crippen LogP contribution in [0.3, 0.4) is 0 Å². The van der Waals surface area contributed by atoms with Gasteiger partial charge in [-0.3, -0.25) is 0 Å². The van der Waals surface area contributed by atoms with Crippen molar-refractivity contribution >= 4 is 16.0 Å². The normalized spacial score (nSPS) is 11.4. The molecule has 1 aromatic rings. The fourth-order valence-electron chi connectivity index (χ4n) is 1.48. The highest BCUT2D eigenvalue weighted by atomic mass is 32.2. The van der Waals surface area contributed by atoms with Crippen molar-refractivity contribution in [1.82, 2.24) is 10.0 Å². The summed E-state index contributed by atoms with van der Waals surface area (Å²) in [5, 5.41) is 11.9. The van der Waals surface area contributed by atoms with E-state index in [-0.39, 0.29) is 10.5 Å². The third-order valence-electron chi connectivity index (χ3n) is 2.46. The zero-order valence-electron chi connectivity index (χ0n) is 10.7. The predicted molar refractivity (Wildman–Crippen MR) is 71.8 cm³/mol. The quantitative estimate of drug-likeness (QED) is 0.610. The van der Waals surface area contributed by atoms with Gasteiger partial charge in [-0.25, -0.2) is 17.9 Å². The Morgan fingerprint density at radius 1 is 1.32 bits per heavy atom. The molecule has 0 aliphatic carbocycles. The molecule has 19 heavy (non-hydrogen) atoms. The van der Waals surface area contributed by atoms with Gasteiger partial charge in [-0.1, -0.05) is 13.0 Å². The van der Waals surface area contributed by atoms with Gasteiger partial charge in [0.2, 0.25) is 10.0 Å². The van der Waals surface area contributed by atoms with Gasteiger partial charge in [0.05, 0.1) is 10.5 Å². The molecule has 0 bridgehead atoms. The monoisotopic (exact) mass is 286 g/mol. The Balaban J connectivity index is 2.66. The van der Waals surface area contributed by atoms with Gasteiger partial charge in [0, 0.05) is 6.54 Å². The maximum Gasteiger partial charge on any atom is 0.335 e. The van der Waals surface area contributed by atoms with E-state index in [0.29, 0.717) is 13.0 Å². The summed E-state index contributed by atoms with van der Waals surface area (Å²) in [7, 11) is -3.64. The van der Waals surface area contributed by atoms with Gasteiger partial charge in [0.15, 0.2) is 0 Å². The number of carboxylic acids is 1. The number of hydrogen-bond acceptors (Lipinski definition) is 4. The van der Waals surface area contributed by atoms with Crippen LogP contribution >= 0.6 is 0 Å². The molecule has 1 aromatic carbocycles. The molecule has 1 rings (SSSR count). The first-order chi connectivity index (χ1) is 8.97. The summed E-state index contributed by atoms with van der Waals surface area (Å²) in [6.07, 6.45) is 0.672. The van der Waals surface area contributed by atoms with Crippen molar-refractivity contribution in [2.75, 3.05) is 19.6 Å². The van der Waals surface area contributed by atoms with Crippen LogP contribution in [0.2, 0.25) is 0 Å². The fraction of sp³-hybridized carbons (Fsp3) is 0.417. The number of carbonyl (C=O) groups is 1. The van der Waals surface area contributed by atoms with E-state index in [2.05, 4.69) is 10.0 Å². The second-order valence-corrected chi connectivity index (χ2v) is 5.70. The van der Waals surface area contributed by atoms with Crippen LogP contribution in [0.1, 0.15) is 23.7 Å². The van der Waals surface area contributed by atoms with Gasteiger partial charge in [-0.05, 0) is 37.7 Å². The molecule has 6 nitrogen and oxygen atoms in total. The Hall–Kier alpha value is -1.44. The van der Waals surface area contributed by atoms with Crippen molar-refractivity contribution in [3.05, 3.63) is 29.8 Å². The average Bonchev–Trinajstić information content (AvgIpc) is 2.38. The first-order valence-corrected chi connectivity index (χ1v) is 7.49. The van der Waals surface area contributed by atoms with E-state index in [1.807, 2.05) is 6.92 Å². The van der Waals surface area contributed by atoms with Crippen LogP contribution in [0.15, 0.2) is 29.2 Å². The number of rotatable bonds is 8. The summed E-state index contributed by atoms with van der Waals surface area (Å²) in [5.74, 6) is -1.15. The van der Waals surface area contributed by atoms with Crippen molar-refractivity contribution in [3.8, 4) is 0 Å². The van der Waals surface area contributed by atoms with Crippen LogP contribution in [-0.4, -0.2) is 39.1 Å². The Bertz CT molecular complexity index is 528. The highest BCUT2D eigenvalue weighted by Crippen LogP contribution is 2.11. The minimum atomic E-state index is -3.64. The third-order valence-corrected chi connectivity index (χ3v) is 3.92. The van der Waals surface area contributed by atoms with Gasteiger partial charge in [0.25, 0.3) is 0 Å². The SMILES string of the molecule is CCNCCCNS(=O)(=O)c1cccc(C(=O)O)c1. The van der Waals surface area contributed by atoms with Crippen molar-refractivity contribution in [2.24, 2.45) is 0 Å². The van der Waals surface area contributed by atoms with E-state index in [0.717, 1.165) is 19.2 Å². The van der Waals surface area contributed by atoms with E-state index in [1.54, 1.807) is 0 Å². The number of hydrogen-bond donors (Lipinski definition) is 3. The molecule has 3 N–H and O–H groups in total. The summed E-state index contributed by atoms with van der Waals surface area (Å²) < 4.78 is 26.3. The highest BCUT2D eigenvalue weighted by molar-refractivity contribution is 7.89. The van der Waals surface area contributed by atoms with E-state index < -0.39 is 16.0 Å². The summed E-state index contributed by atoms with van der Waals surface area (Å²) in [6.45, 7) is 3.86. The average molecular weight is 286 g/mol. The number of benzene rings is 1. The van der Waals surface area contributed by atoms with E-state index in [4.69, 9.17) is 5.11 Å². The smallest absolute Gasteiger partial charge is 0.335 e. The lowest BCUT2D eigenvalue weighted by Crippen LogP contribution is -2.27. The van der Waals surface area contributed by atoms with Gasteiger partial charge in [-0.2, -0.15) is 0 Å². The maximum atomic E-state index is 11.9. The van der Waals surface area contributed by atoms with E-state index >= 15 is 0 Å². The molecule has 0 aliphatic rings. The molecule has 7 heteroatoms. The topological polar surface area (TPSA) is 95.5 Å². The second kappa shape index (κ2) is 7.22. The Morgan fingerprint density at radius 2 is 2.05 bits per heavy atom. The van der Waals surface area contributed by atoms with Crippen LogP contribution in [-0.2, 0) is 10.0 Å². The van der Waals surface area contributed by atoms with Gasteiger partial charge >= 0.3 is 5.97 Å². The molecule has 0 radical (unpaired) electrons. The first-order valence-electron chi connectivity index (χ1n) is 6.01. The molecular weight excluding hydrogens is 268 g/mol. The maximum absolute atomic E-state index is 11.9. The van der Waals surface area contributed by atoms with Crippen LogP contribution in [0.4, 0.5) is 0 Å². The van der Waals surface area contributed by atoms with Crippen LogP contribution in [0, 0.1) is 0 Å². The number of nitrogens with one attached hydrogen (secondary N) is 2. The van der Waals surface area contributed by atoms with Crippen molar-refractivity contribution in [3.63, 3.8) is 0 Å². The largest absolute Gasteiger partial charge is 0.478 e. The fourth-order valence-corrected chi connectivity index (χ4v) is 2.60. The summed E-state index contributed by atoms with van der Waals surface area (Å²) >= 11 is 0. The molecule has 106 valence electrons. The molecule has 0 spiro atoms. The molecule has 0 saturated carbocycles. The minimum Gasteiger partial charge on any atom is -0.478 e. The predicted octanol–water partition coefficient (Wildman–Crippen LogP) is 0.663. The lowest BCUT2D eigenvalue weighted by atomic mass is 10.2. The molecule has 0 amide bonds. The molecule has 0 heterocycles. The van der Waals surface area contributed by atoms with Crippen LogP contribution < -0.4 is 10.0 Å². The number of aromatic carboxylic acids is 1. The molecular formula is C12H18N2O4S. The molecule has 0 aromatic heterocycles. The third kappa shape index (κ3) is 4.98. The first kappa shape index (κ1) is 15.6. The molecule has 0 saturated heterocycles. The lowest BCUT2D eigenvalue weighted by molar-refractivity contribution is 0.0696. The van der Waals surface area contributed by atoms with Gasteiger partial charge in [0.1, 0.15) is 0 Å². The Kier molecular flexibility index (Phi) is 5.94. The highest BCUT2D eigenvalue weighted by Gasteiger charge is 2.15. The van der Waals surface area contributed by atoms with Crippen molar-refractivity contribution < 1.29 is 18.3 Å². The summed E-state index contributed by atoms with van der Waals surface area (Å²) in [4.78, 5) is 10.8. The summed E-state index contributed by atoms with van der Waals surface area (Å²) in [5.41, 5.74) is -0.0458. The van der Waals surface area contributed by atoms with Crippen molar-refractivity contribution in [2.45, 2.75) is 18.2 Å². The summed E-state index contributed by atoms with van der Waals surface area (Å²) in [6, 6.07) is 5.29. The molecule has 0 fully saturated rings. The Morgan fingerprint density at radius 3 is 2.68 bits per heavy atom. The number of carboxylic acid groups (broad SMARTS) is 1. The van der Waals surface area contributed by atoms with Crippen LogP contribution in [0.5, 0.6) is 0 Å². The van der Waals surface area contributed by atoms with Gasteiger partial charge < -0.3 is 10.4 Å². The second-order valence-electron chi connectivity index (χ2n) is 3.94. The molecule has 0 aliphatic heterocycles. The lowest BCUT2D eigenvalue weighted by Gasteiger charge is -2.07. The molecule has 0 unspecified atom stereocenters. The van der Waals surface area contributed by atoms with Crippen LogP contribution in [0.25, 0.3) is 0 Å². The zero-order valence-corrected chi connectivity index (χ0v) is 11.5. The standard InChI is InChI=1S/C12H18N2O4S/c1-2-13-7-4-8-14-19(17,18)11-6-3-5-10(9-11)12(15)16/h3,5-6,9,13-14H,2,4,7-8H2,1H3,(H,15,16). The van der Waals surface area contributed by atoms with Crippen molar-refractivity contribution in [1.29, 1.82) is 0 Å². The number of sulfonamides is 1.